The zero-order valence-corrected chi connectivity index (χ0v) is 15.4. The van der Waals surface area contributed by atoms with E-state index in [0.717, 1.165) is 19.6 Å². The molecule has 1 N–H and O–H groups in total. The standard InChI is InChI=1S/C18H20ClN3O2S/c19-15-4-1-3-14(11-15)18(24)20-12-17(23)22-8-6-21(7-9-22)13-16-5-2-10-25-16/h1-5,10-11H,6-9,12-13H2,(H,20,24). The van der Waals surface area contributed by atoms with Crippen LogP contribution in [-0.2, 0) is 11.3 Å². The maximum absolute atomic E-state index is 12.3. The Balaban J connectivity index is 1.42. The lowest BCUT2D eigenvalue weighted by Crippen LogP contribution is -2.50. The molecule has 132 valence electrons. The van der Waals surface area contributed by atoms with Gasteiger partial charge in [-0.15, -0.1) is 11.3 Å². The van der Waals surface area contributed by atoms with Gasteiger partial charge in [0.15, 0.2) is 0 Å². The third kappa shape index (κ3) is 5.04. The number of thiophene rings is 1. The van der Waals surface area contributed by atoms with Gasteiger partial charge in [0.25, 0.3) is 5.91 Å². The summed E-state index contributed by atoms with van der Waals surface area (Å²) in [5, 5.41) is 5.25. The number of amides is 2. The fourth-order valence-electron chi connectivity index (χ4n) is 2.78. The predicted octanol–water partition coefficient (Wildman–Crippen LogP) is 2.48. The molecule has 2 heterocycles. The molecule has 7 heteroatoms. The molecule has 1 aliphatic rings. The Morgan fingerprint density at radius 2 is 1.92 bits per heavy atom. The van der Waals surface area contributed by atoms with Crippen LogP contribution in [0.4, 0.5) is 0 Å². The van der Waals surface area contributed by atoms with Crippen molar-refractivity contribution in [3.63, 3.8) is 0 Å². The molecule has 0 saturated carbocycles. The lowest BCUT2D eigenvalue weighted by molar-refractivity contribution is -0.131. The maximum atomic E-state index is 12.3. The Morgan fingerprint density at radius 1 is 1.12 bits per heavy atom. The lowest BCUT2D eigenvalue weighted by Gasteiger charge is -2.34. The Labute approximate surface area is 156 Å². The second kappa shape index (κ2) is 8.47. The third-order valence-corrected chi connectivity index (χ3v) is 5.27. The SMILES string of the molecule is O=C(NCC(=O)N1CCN(Cc2cccs2)CC1)c1cccc(Cl)c1. The van der Waals surface area contributed by atoms with E-state index in [2.05, 4.69) is 27.7 Å². The van der Waals surface area contributed by atoms with Crippen molar-refractivity contribution < 1.29 is 9.59 Å². The van der Waals surface area contributed by atoms with Crippen LogP contribution in [0.3, 0.4) is 0 Å². The Hall–Kier alpha value is -1.89. The fourth-order valence-corrected chi connectivity index (χ4v) is 3.71. The monoisotopic (exact) mass is 377 g/mol. The zero-order valence-electron chi connectivity index (χ0n) is 13.8. The van der Waals surface area contributed by atoms with Crippen molar-refractivity contribution in [2.45, 2.75) is 6.54 Å². The average Bonchev–Trinajstić information content (AvgIpc) is 3.13. The Kier molecular flexibility index (Phi) is 6.07. The van der Waals surface area contributed by atoms with E-state index in [1.54, 1.807) is 35.6 Å². The molecule has 25 heavy (non-hydrogen) atoms. The maximum Gasteiger partial charge on any atom is 0.251 e. The van der Waals surface area contributed by atoms with Crippen LogP contribution in [0.2, 0.25) is 5.02 Å². The highest BCUT2D eigenvalue weighted by Crippen LogP contribution is 2.14. The summed E-state index contributed by atoms with van der Waals surface area (Å²) in [5.41, 5.74) is 0.459. The van der Waals surface area contributed by atoms with Gasteiger partial charge in [-0.2, -0.15) is 0 Å². The summed E-state index contributed by atoms with van der Waals surface area (Å²) in [7, 11) is 0. The van der Waals surface area contributed by atoms with Gasteiger partial charge in [-0.25, -0.2) is 0 Å². The summed E-state index contributed by atoms with van der Waals surface area (Å²) in [6.45, 7) is 4.04. The molecular weight excluding hydrogens is 358 g/mol. The molecule has 0 radical (unpaired) electrons. The number of piperazine rings is 1. The number of nitrogens with one attached hydrogen (secondary N) is 1. The molecule has 1 aromatic carbocycles. The number of carbonyl (C=O) groups is 2. The van der Waals surface area contributed by atoms with E-state index in [1.165, 1.54) is 4.88 Å². The Bertz CT molecular complexity index is 728. The summed E-state index contributed by atoms with van der Waals surface area (Å²) in [5.74, 6) is -0.335. The summed E-state index contributed by atoms with van der Waals surface area (Å²) >= 11 is 7.63. The van der Waals surface area contributed by atoms with Crippen LogP contribution in [0.25, 0.3) is 0 Å². The van der Waals surface area contributed by atoms with Crippen LogP contribution in [-0.4, -0.2) is 54.3 Å². The van der Waals surface area contributed by atoms with E-state index in [1.807, 2.05) is 4.90 Å². The number of halogens is 1. The molecule has 1 aromatic heterocycles. The number of rotatable bonds is 5. The molecule has 1 aliphatic heterocycles. The first-order chi connectivity index (χ1) is 12.1. The molecule has 2 aromatic rings. The van der Waals surface area contributed by atoms with Gasteiger partial charge in [-0.1, -0.05) is 23.7 Å². The van der Waals surface area contributed by atoms with Crippen LogP contribution >= 0.6 is 22.9 Å². The molecule has 1 fully saturated rings. The molecule has 1 saturated heterocycles. The molecule has 0 spiro atoms. The normalized spacial score (nSPS) is 15.2. The summed E-state index contributed by atoms with van der Waals surface area (Å²) in [6, 6.07) is 10.9. The average molecular weight is 378 g/mol. The van der Waals surface area contributed by atoms with Crippen molar-refractivity contribution in [1.82, 2.24) is 15.1 Å². The van der Waals surface area contributed by atoms with Crippen LogP contribution in [0.5, 0.6) is 0 Å². The van der Waals surface area contributed by atoms with E-state index in [9.17, 15) is 9.59 Å². The predicted molar refractivity (Wildman–Crippen MR) is 100.0 cm³/mol. The molecule has 0 unspecified atom stereocenters. The van der Waals surface area contributed by atoms with Crippen LogP contribution in [0, 0.1) is 0 Å². The van der Waals surface area contributed by atoms with E-state index in [0.29, 0.717) is 23.7 Å². The van der Waals surface area contributed by atoms with Gasteiger partial charge in [0.05, 0.1) is 6.54 Å². The summed E-state index contributed by atoms with van der Waals surface area (Å²) in [4.78, 5) is 29.9. The largest absolute Gasteiger partial charge is 0.343 e. The molecule has 2 amide bonds. The minimum Gasteiger partial charge on any atom is -0.343 e. The highest BCUT2D eigenvalue weighted by molar-refractivity contribution is 7.09. The van der Waals surface area contributed by atoms with Gasteiger partial charge in [0, 0.05) is 48.2 Å². The van der Waals surface area contributed by atoms with Gasteiger partial charge in [-0.3, -0.25) is 14.5 Å². The number of benzene rings is 1. The second-order valence-electron chi connectivity index (χ2n) is 5.93. The fraction of sp³-hybridized carbons (Fsp3) is 0.333. The number of nitrogens with zero attached hydrogens (tertiary/aromatic N) is 2. The number of hydrogen-bond acceptors (Lipinski definition) is 4. The minimum absolute atomic E-state index is 0.0102. The number of carbonyl (C=O) groups excluding carboxylic acids is 2. The van der Waals surface area contributed by atoms with Crippen molar-refractivity contribution in [1.29, 1.82) is 0 Å². The first-order valence-electron chi connectivity index (χ1n) is 8.18. The third-order valence-electron chi connectivity index (χ3n) is 4.17. The van der Waals surface area contributed by atoms with E-state index >= 15 is 0 Å². The van der Waals surface area contributed by atoms with Crippen molar-refractivity contribution >= 4 is 34.8 Å². The van der Waals surface area contributed by atoms with Gasteiger partial charge in [0.1, 0.15) is 0 Å². The van der Waals surface area contributed by atoms with Crippen molar-refractivity contribution in [3.8, 4) is 0 Å². The van der Waals surface area contributed by atoms with E-state index < -0.39 is 0 Å². The van der Waals surface area contributed by atoms with Crippen molar-refractivity contribution in [3.05, 3.63) is 57.2 Å². The molecule has 0 bridgehead atoms. The first kappa shape index (κ1) is 17.9. The van der Waals surface area contributed by atoms with Crippen molar-refractivity contribution in [2.75, 3.05) is 32.7 Å². The van der Waals surface area contributed by atoms with Gasteiger partial charge < -0.3 is 10.2 Å². The minimum atomic E-state index is -0.285. The first-order valence-corrected chi connectivity index (χ1v) is 9.44. The van der Waals surface area contributed by atoms with Crippen LogP contribution in [0.15, 0.2) is 41.8 Å². The summed E-state index contributed by atoms with van der Waals surface area (Å²) in [6.07, 6.45) is 0. The molecular formula is C18H20ClN3O2S. The van der Waals surface area contributed by atoms with Crippen molar-refractivity contribution in [2.24, 2.45) is 0 Å². The van der Waals surface area contributed by atoms with E-state index in [-0.39, 0.29) is 18.4 Å². The topological polar surface area (TPSA) is 52.7 Å². The summed E-state index contributed by atoms with van der Waals surface area (Å²) < 4.78 is 0. The highest BCUT2D eigenvalue weighted by atomic mass is 35.5. The van der Waals surface area contributed by atoms with E-state index in [4.69, 9.17) is 11.6 Å². The second-order valence-corrected chi connectivity index (χ2v) is 7.40. The number of hydrogen-bond donors (Lipinski definition) is 1. The Morgan fingerprint density at radius 3 is 2.60 bits per heavy atom. The van der Waals surface area contributed by atoms with Gasteiger partial charge in [-0.05, 0) is 29.6 Å². The van der Waals surface area contributed by atoms with Crippen LogP contribution in [0.1, 0.15) is 15.2 Å². The van der Waals surface area contributed by atoms with Gasteiger partial charge in [0.2, 0.25) is 5.91 Å². The highest BCUT2D eigenvalue weighted by Gasteiger charge is 2.21. The molecule has 0 aliphatic carbocycles. The molecule has 3 rings (SSSR count). The quantitative estimate of drug-likeness (QED) is 0.870. The molecule has 0 atom stereocenters. The van der Waals surface area contributed by atoms with Crippen LogP contribution < -0.4 is 5.32 Å². The smallest absolute Gasteiger partial charge is 0.251 e. The lowest BCUT2D eigenvalue weighted by atomic mass is 10.2. The van der Waals surface area contributed by atoms with Gasteiger partial charge >= 0.3 is 0 Å². The zero-order chi connectivity index (χ0) is 17.6. The molecule has 5 nitrogen and oxygen atoms in total.